The summed E-state index contributed by atoms with van der Waals surface area (Å²) in [5.74, 6) is -0.124. The largest absolute Gasteiger partial charge is 0.409 e. The van der Waals surface area contributed by atoms with Crippen LogP contribution < -0.4 is 11.1 Å². The summed E-state index contributed by atoms with van der Waals surface area (Å²) < 4.78 is 0.851. The first-order valence-electron chi connectivity index (χ1n) is 6.21. The van der Waals surface area contributed by atoms with Crippen molar-refractivity contribution < 1.29 is 10.0 Å². The first-order valence-corrected chi connectivity index (χ1v) is 7.00. The van der Waals surface area contributed by atoms with Crippen LogP contribution in [0.25, 0.3) is 0 Å². The second kappa shape index (κ2) is 6.90. The molecule has 0 radical (unpaired) electrons. The van der Waals surface area contributed by atoms with E-state index in [0.717, 1.165) is 10.0 Å². The summed E-state index contributed by atoms with van der Waals surface area (Å²) in [6, 6.07) is 14.3. The third-order valence-electron chi connectivity index (χ3n) is 2.87. The molecule has 0 spiro atoms. The monoisotopic (exact) mass is 347 g/mol. The summed E-state index contributed by atoms with van der Waals surface area (Å²) in [4.78, 5) is 12.0. The van der Waals surface area contributed by atoms with E-state index in [0.29, 0.717) is 17.7 Å². The molecule has 6 heteroatoms. The predicted octanol–water partition coefficient (Wildman–Crippen LogP) is 2.47. The zero-order valence-corrected chi connectivity index (χ0v) is 12.7. The van der Waals surface area contributed by atoms with Gasteiger partial charge in [0.1, 0.15) is 0 Å². The Kier molecular flexibility index (Phi) is 4.94. The number of nitrogens with zero attached hydrogens (tertiary/aromatic N) is 1. The van der Waals surface area contributed by atoms with Gasteiger partial charge in [-0.1, -0.05) is 45.4 Å². The molecule has 2 rings (SSSR count). The van der Waals surface area contributed by atoms with Gasteiger partial charge in [-0.2, -0.15) is 0 Å². The van der Waals surface area contributed by atoms with Crippen molar-refractivity contribution >= 4 is 27.7 Å². The number of benzene rings is 2. The van der Waals surface area contributed by atoms with E-state index in [9.17, 15) is 4.79 Å². The maximum absolute atomic E-state index is 12.0. The van der Waals surface area contributed by atoms with E-state index < -0.39 is 0 Å². The minimum Gasteiger partial charge on any atom is -0.409 e. The maximum Gasteiger partial charge on any atom is 0.251 e. The van der Waals surface area contributed by atoms with Crippen molar-refractivity contribution in [2.24, 2.45) is 10.9 Å². The SMILES string of the molecule is NC(=NO)c1cccc(CNC(=O)c2cccc(Br)c2)c1. The number of amides is 1. The highest BCUT2D eigenvalue weighted by Crippen LogP contribution is 2.12. The Hall–Kier alpha value is -2.34. The molecular formula is C15H14BrN3O2. The van der Waals surface area contributed by atoms with Crippen molar-refractivity contribution in [3.63, 3.8) is 0 Å². The Bertz CT molecular complexity index is 686. The number of carbonyl (C=O) groups is 1. The summed E-state index contributed by atoms with van der Waals surface area (Å²) in [5, 5.41) is 14.4. The Morgan fingerprint density at radius 3 is 2.62 bits per heavy atom. The van der Waals surface area contributed by atoms with Gasteiger partial charge in [0.15, 0.2) is 5.84 Å². The van der Waals surface area contributed by atoms with Crippen LogP contribution in [0.5, 0.6) is 0 Å². The number of rotatable bonds is 4. The molecule has 4 N–H and O–H groups in total. The lowest BCUT2D eigenvalue weighted by atomic mass is 10.1. The molecule has 0 saturated heterocycles. The van der Waals surface area contributed by atoms with E-state index in [1.807, 2.05) is 12.1 Å². The van der Waals surface area contributed by atoms with Gasteiger partial charge in [-0.25, -0.2) is 0 Å². The van der Waals surface area contributed by atoms with E-state index in [1.165, 1.54) is 0 Å². The van der Waals surface area contributed by atoms with Gasteiger partial charge in [-0.05, 0) is 29.8 Å². The molecule has 0 fully saturated rings. The third-order valence-corrected chi connectivity index (χ3v) is 3.36. The zero-order chi connectivity index (χ0) is 15.2. The summed E-state index contributed by atoms with van der Waals surface area (Å²) in [6.45, 7) is 0.359. The van der Waals surface area contributed by atoms with E-state index in [-0.39, 0.29) is 11.7 Å². The minimum atomic E-state index is -0.162. The molecule has 2 aromatic rings. The molecule has 0 aromatic heterocycles. The smallest absolute Gasteiger partial charge is 0.251 e. The Labute approximate surface area is 130 Å². The first kappa shape index (κ1) is 15.1. The number of amidine groups is 1. The standard InChI is InChI=1S/C15H14BrN3O2/c16-13-6-2-5-12(8-13)15(20)18-9-10-3-1-4-11(7-10)14(17)19-21/h1-8,21H,9H2,(H2,17,19)(H,18,20). The van der Waals surface area contributed by atoms with Crippen LogP contribution in [-0.2, 0) is 6.54 Å². The van der Waals surface area contributed by atoms with Crippen molar-refractivity contribution in [3.05, 3.63) is 69.7 Å². The van der Waals surface area contributed by atoms with Crippen LogP contribution in [0.3, 0.4) is 0 Å². The van der Waals surface area contributed by atoms with Crippen LogP contribution in [0, 0.1) is 0 Å². The minimum absolute atomic E-state index is 0.0372. The second-order valence-electron chi connectivity index (χ2n) is 4.38. The third kappa shape index (κ3) is 4.06. The predicted molar refractivity (Wildman–Crippen MR) is 84.3 cm³/mol. The van der Waals surface area contributed by atoms with Crippen molar-refractivity contribution in [3.8, 4) is 0 Å². The van der Waals surface area contributed by atoms with E-state index >= 15 is 0 Å². The van der Waals surface area contributed by atoms with E-state index in [2.05, 4.69) is 26.4 Å². The molecule has 0 saturated carbocycles. The summed E-state index contributed by atoms with van der Waals surface area (Å²) in [7, 11) is 0. The van der Waals surface area contributed by atoms with Gasteiger partial charge in [-0.15, -0.1) is 0 Å². The number of nitrogens with one attached hydrogen (secondary N) is 1. The van der Waals surface area contributed by atoms with Gasteiger partial charge in [0.2, 0.25) is 0 Å². The molecule has 5 nitrogen and oxygen atoms in total. The van der Waals surface area contributed by atoms with Crippen molar-refractivity contribution in [2.45, 2.75) is 6.54 Å². The summed E-state index contributed by atoms with van der Waals surface area (Å²) >= 11 is 3.33. The molecule has 0 unspecified atom stereocenters. The van der Waals surface area contributed by atoms with Gasteiger partial charge in [-0.3, -0.25) is 4.79 Å². The number of oxime groups is 1. The maximum atomic E-state index is 12.0. The van der Waals surface area contributed by atoms with Gasteiger partial charge in [0, 0.05) is 22.1 Å². The van der Waals surface area contributed by atoms with Crippen LogP contribution in [0.1, 0.15) is 21.5 Å². The van der Waals surface area contributed by atoms with Gasteiger partial charge in [0.05, 0.1) is 0 Å². The summed E-state index contributed by atoms with van der Waals surface area (Å²) in [6.07, 6.45) is 0. The molecule has 0 bridgehead atoms. The highest BCUT2D eigenvalue weighted by Gasteiger charge is 2.06. The Morgan fingerprint density at radius 2 is 1.90 bits per heavy atom. The Morgan fingerprint density at radius 1 is 1.19 bits per heavy atom. The van der Waals surface area contributed by atoms with Gasteiger partial charge in [0.25, 0.3) is 5.91 Å². The molecule has 2 aromatic carbocycles. The highest BCUT2D eigenvalue weighted by molar-refractivity contribution is 9.10. The Balaban J connectivity index is 2.05. The van der Waals surface area contributed by atoms with Crippen molar-refractivity contribution in [1.82, 2.24) is 5.32 Å². The van der Waals surface area contributed by atoms with E-state index in [1.54, 1.807) is 36.4 Å². The fourth-order valence-electron chi connectivity index (χ4n) is 1.81. The molecular weight excluding hydrogens is 334 g/mol. The quantitative estimate of drug-likeness (QED) is 0.343. The number of hydrogen-bond acceptors (Lipinski definition) is 3. The number of carbonyl (C=O) groups excluding carboxylic acids is 1. The number of halogens is 1. The molecule has 0 aliphatic rings. The molecule has 1 amide bonds. The summed E-state index contributed by atoms with van der Waals surface area (Å²) in [5.41, 5.74) is 7.58. The lowest BCUT2D eigenvalue weighted by molar-refractivity contribution is 0.0951. The van der Waals surface area contributed by atoms with Gasteiger partial charge < -0.3 is 16.3 Å². The second-order valence-corrected chi connectivity index (χ2v) is 5.29. The van der Waals surface area contributed by atoms with Crippen LogP contribution in [0.2, 0.25) is 0 Å². The van der Waals surface area contributed by atoms with Gasteiger partial charge >= 0.3 is 0 Å². The van der Waals surface area contributed by atoms with Crippen molar-refractivity contribution in [1.29, 1.82) is 0 Å². The van der Waals surface area contributed by atoms with E-state index in [4.69, 9.17) is 10.9 Å². The number of nitrogens with two attached hydrogens (primary N) is 1. The fourth-order valence-corrected chi connectivity index (χ4v) is 2.21. The molecule has 21 heavy (non-hydrogen) atoms. The lowest BCUT2D eigenvalue weighted by Gasteiger charge is -2.07. The molecule has 0 aliphatic carbocycles. The average molecular weight is 348 g/mol. The van der Waals surface area contributed by atoms with Crippen LogP contribution >= 0.6 is 15.9 Å². The highest BCUT2D eigenvalue weighted by atomic mass is 79.9. The molecule has 0 heterocycles. The molecule has 0 aliphatic heterocycles. The molecule has 108 valence electrons. The zero-order valence-electron chi connectivity index (χ0n) is 11.1. The van der Waals surface area contributed by atoms with Crippen LogP contribution in [-0.4, -0.2) is 17.0 Å². The molecule has 0 atom stereocenters. The lowest BCUT2D eigenvalue weighted by Crippen LogP contribution is -2.23. The normalized spacial score (nSPS) is 11.2. The fraction of sp³-hybridized carbons (Fsp3) is 0.0667. The van der Waals surface area contributed by atoms with Crippen molar-refractivity contribution in [2.75, 3.05) is 0 Å². The van der Waals surface area contributed by atoms with Crippen LogP contribution in [0.15, 0.2) is 58.2 Å². The number of hydrogen-bond donors (Lipinski definition) is 3. The van der Waals surface area contributed by atoms with Crippen LogP contribution in [0.4, 0.5) is 0 Å². The topological polar surface area (TPSA) is 87.7 Å². The average Bonchev–Trinajstić information content (AvgIpc) is 2.52. The first-order chi connectivity index (χ1) is 10.1.